The molecule has 0 aliphatic carbocycles. The Kier molecular flexibility index (Phi) is 5.73. The first-order valence-corrected chi connectivity index (χ1v) is 8.08. The molecule has 0 saturated heterocycles. The Morgan fingerprint density at radius 3 is 2.46 bits per heavy atom. The van der Waals surface area contributed by atoms with Gasteiger partial charge in [0.25, 0.3) is 5.91 Å². The molecule has 0 spiro atoms. The van der Waals surface area contributed by atoms with Gasteiger partial charge in [-0.05, 0) is 44.4 Å². The summed E-state index contributed by atoms with van der Waals surface area (Å²) in [5.74, 6) is -0.993. The molecule has 24 heavy (non-hydrogen) atoms. The summed E-state index contributed by atoms with van der Waals surface area (Å²) >= 11 is 0. The summed E-state index contributed by atoms with van der Waals surface area (Å²) in [4.78, 5) is 23.1. The van der Waals surface area contributed by atoms with Gasteiger partial charge in [0.2, 0.25) is 0 Å². The molecule has 0 unspecified atom stereocenters. The number of nitrogens with one attached hydrogen (secondary N) is 1. The number of rotatable bonds is 7. The molecule has 1 aromatic heterocycles. The van der Waals surface area contributed by atoms with E-state index in [0.29, 0.717) is 17.7 Å². The van der Waals surface area contributed by atoms with E-state index in [1.54, 1.807) is 12.1 Å². The van der Waals surface area contributed by atoms with Gasteiger partial charge in [-0.2, -0.15) is 5.10 Å². The number of carboxylic acid groups (broad SMARTS) is 1. The zero-order valence-corrected chi connectivity index (χ0v) is 14.3. The summed E-state index contributed by atoms with van der Waals surface area (Å²) in [5, 5.41) is 16.0. The minimum atomic E-state index is -0.817. The molecular weight excluding hydrogens is 306 g/mol. The number of carboxylic acids is 1. The molecule has 128 valence electrons. The minimum Gasteiger partial charge on any atom is -0.481 e. The maximum Gasteiger partial charge on any atom is 0.303 e. The van der Waals surface area contributed by atoms with E-state index in [0.717, 1.165) is 29.9 Å². The molecule has 1 amide bonds. The number of aryl methyl sites for hydroxylation is 3. The van der Waals surface area contributed by atoms with Crippen molar-refractivity contribution in [3.8, 4) is 0 Å². The van der Waals surface area contributed by atoms with E-state index in [-0.39, 0.29) is 12.3 Å². The Hall–Kier alpha value is -2.63. The third kappa shape index (κ3) is 4.22. The van der Waals surface area contributed by atoms with Crippen molar-refractivity contribution in [2.24, 2.45) is 0 Å². The number of benzene rings is 1. The second-order valence-electron chi connectivity index (χ2n) is 5.81. The molecule has 0 aliphatic rings. The molecule has 0 fully saturated rings. The van der Waals surface area contributed by atoms with Gasteiger partial charge in [0.05, 0.1) is 11.3 Å². The highest BCUT2D eigenvalue weighted by Gasteiger charge is 2.18. The van der Waals surface area contributed by atoms with Gasteiger partial charge in [-0.1, -0.05) is 19.1 Å². The summed E-state index contributed by atoms with van der Waals surface area (Å²) in [6.45, 7) is 6.60. The number of amides is 1. The number of nitrogens with zero attached hydrogens (tertiary/aromatic N) is 2. The Morgan fingerprint density at radius 1 is 1.21 bits per heavy atom. The predicted molar refractivity (Wildman–Crippen MR) is 92.3 cm³/mol. The molecule has 0 bridgehead atoms. The average Bonchev–Trinajstić information content (AvgIpc) is 2.81. The van der Waals surface area contributed by atoms with E-state index in [1.807, 2.05) is 30.7 Å². The molecule has 6 nitrogen and oxygen atoms in total. The summed E-state index contributed by atoms with van der Waals surface area (Å²) in [6, 6.07) is 7.24. The number of aromatic nitrogens is 2. The van der Waals surface area contributed by atoms with Crippen molar-refractivity contribution in [3.63, 3.8) is 0 Å². The summed E-state index contributed by atoms with van der Waals surface area (Å²) in [6.07, 6.45) is 1.53. The topological polar surface area (TPSA) is 84.2 Å². The van der Waals surface area contributed by atoms with E-state index in [1.165, 1.54) is 0 Å². The van der Waals surface area contributed by atoms with Crippen molar-refractivity contribution < 1.29 is 14.7 Å². The van der Waals surface area contributed by atoms with Gasteiger partial charge in [0.15, 0.2) is 0 Å². The first-order chi connectivity index (χ1) is 11.4. The quantitative estimate of drug-likeness (QED) is 0.817. The van der Waals surface area contributed by atoms with Gasteiger partial charge >= 0.3 is 5.97 Å². The number of carbonyl (C=O) groups is 2. The van der Waals surface area contributed by atoms with Crippen LogP contribution in [-0.4, -0.2) is 26.8 Å². The van der Waals surface area contributed by atoms with Gasteiger partial charge in [-0.3, -0.25) is 14.3 Å². The molecule has 0 aliphatic heterocycles. The van der Waals surface area contributed by atoms with Crippen LogP contribution in [0.1, 0.15) is 47.1 Å². The van der Waals surface area contributed by atoms with E-state index < -0.39 is 5.97 Å². The van der Waals surface area contributed by atoms with Crippen molar-refractivity contribution in [3.05, 3.63) is 46.8 Å². The predicted octanol–water partition coefficient (Wildman–Crippen LogP) is 3.18. The van der Waals surface area contributed by atoms with Crippen LogP contribution in [0.15, 0.2) is 24.3 Å². The van der Waals surface area contributed by atoms with Gasteiger partial charge in [-0.15, -0.1) is 0 Å². The summed E-state index contributed by atoms with van der Waals surface area (Å²) in [7, 11) is 0. The first kappa shape index (κ1) is 17.7. The SMILES string of the molecule is CCCn1nc(C)c(C(=O)Nc2ccc(CCC(=O)O)cc2)c1C. The first-order valence-electron chi connectivity index (χ1n) is 8.08. The van der Waals surface area contributed by atoms with Crippen molar-refractivity contribution in [1.82, 2.24) is 9.78 Å². The van der Waals surface area contributed by atoms with Crippen LogP contribution in [0.4, 0.5) is 5.69 Å². The van der Waals surface area contributed by atoms with Crippen molar-refractivity contribution in [2.45, 2.75) is 46.6 Å². The lowest BCUT2D eigenvalue weighted by Crippen LogP contribution is -2.14. The Balaban J connectivity index is 2.08. The van der Waals surface area contributed by atoms with Crippen LogP contribution in [-0.2, 0) is 17.8 Å². The van der Waals surface area contributed by atoms with Gasteiger partial charge in [-0.25, -0.2) is 0 Å². The fourth-order valence-corrected chi connectivity index (χ4v) is 2.65. The number of aliphatic carboxylic acids is 1. The van der Waals surface area contributed by atoms with E-state index in [4.69, 9.17) is 5.11 Å². The monoisotopic (exact) mass is 329 g/mol. The lowest BCUT2D eigenvalue weighted by Gasteiger charge is -2.07. The number of anilines is 1. The van der Waals surface area contributed by atoms with Gasteiger partial charge in [0, 0.05) is 24.3 Å². The number of hydrogen-bond acceptors (Lipinski definition) is 3. The molecule has 0 radical (unpaired) electrons. The Morgan fingerprint density at radius 2 is 1.88 bits per heavy atom. The molecule has 6 heteroatoms. The van der Waals surface area contributed by atoms with Crippen LogP contribution >= 0.6 is 0 Å². The van der Waals surface area contributed by atoms with E-state index in [9.17, 15) is 9.59 Å². The highest BCUT2D eigenvalue weighted by molar-refractivity contribution is 6.05. The molecule has 2 N–H and O–H groups in total. The van der Waals surface area contributed by atoms with Gasteiger partial charge in [0.1, 0.15) is 0 Å². The largest absolute Gasteiger partial charge is 0.481 e. The zero-order chi connectivity index (χ0) is 17.7. The zero-order valence-electron chi connectivity index (χ0n) is 14.3. The molecule has 0 atom stereocenters. The molecule has 2 rings (SSSR count). The van der Waals surface area contributed by atoms with Crippen LogP contribution in [0.25, 0.3) is 0 Å². The fourth-order valence-electron chi connectivity index (χ4n) is 2.65. The molecule has 1 aromatic carbocycles. The second-order valence-corrected chi connectivity index (χ2v) is 5.81. The van der Waals surface area contributed by atoms with Crippen LogP contribution in [0.2, 0.25) is 0 Å². The highest BCUT2D eigenvalue weighted by Crippen LogP contribution is 2.17. The van der Waals surface area contributed by atoms with Crippen LogP contribution in [0.3, 0.4) is 0 Å². The standard InChI is InChI=1S/C18H23N3O3/c1-4-11-21-13(3)17(12(2)20-21)18(24)19-15-8-5-14(6-9-15)7-10-16(22)23/h5-6,8-9H,4,7,10-11H2,1-3H3,(H,19,24)(H,22,23). The van der Waals surface area contributed by atoms with E-state index >= 15 is 0 Å². The fraction of sp³-hybridized carbons (Fsp3) is 0.389. The number of hydrogen-bond donors (Lipinski definition) is 2. The normalized spacial score (nSPS) is 10.6. The smallest absolute Gasteiger partial charge is 0.303 e. The van der Waals surface area contributed by atoms with Crippen LogP contribution < -0.4 is 5.32 Å². The maximum atomic E-state index is 12.5. The van der Waals surface area contributed by atoms with E-state index in [2.05, 4.69) is 17.3 Å². The van der Waals surface area contributed by atoms with Crippen molar-refractivity contribution in [1.29, 1.82) is 0 Å². The third-order valence-electron chi connectivity index (χ3n) is 3.88. The highest BCUT2D eigenvalue weighted by atomic mass is 16.4. The number of carbonyl (C=O) groups excluding carboxylic acids is 1. The summed E-state index contributed by atoms with van der Waals surface area (Å²) in [5.41, 5.74) is 3.81. The van der Waals surface area contributed by atoms with Crippen molar-refractivity contribution >= 4 is 17.6 Å². The molecular formula is C18H23N3O3. The molecule has 1 heterocycles. The lowest BCUT2D eigenvalue weighted by molar-refractivity contribution is -0.136. The maximum absolute atomic E-state index is 12.5. The molecule has 0 saturated carbocycles. The lowest BCUT2D eigenvalue weighted by atomic mass is 10.1. The Bertz CT molecular complexity index is 733. The second kappa shape index (κ2) is 7.77. The molecule has 2 aromatic rings. The average molecular weight is 329 g/mol. The van der Waals surface area contributed by atoms with Crippen molar-refractivity contribution in [2.75, 3.05) is 5.32 Å². The van der Waals surface area contributed by atoms with Gasteiger partial charge < -0.3 is 10.4 Å². The Labute approximate surface area is 141 Å². The third-order valence-corrected chi connectivity index (χ3v) is 3.88. The summed E-state index contributed by atoms with van der Waals surface area (Å²) < 4.78 is 1.86. The minimum absolute atomic E-state index is 0.0979. The van der Waals surface area contributed by atoms with Crippen LogP contribution in [0.5, 0.6) is 0 Å². The van der Waals surface area contributed by atoms with Crippen LogP contribution in [0, 0.1) is 13.8 Å².